The first-order chi connectivity index (χ1) is 13.5. The van der Waals surface area contributed by atoms with Gasteiger partial charge in [-0.3, -0.25) is 14.7 Å². The number of hydrogen-bond donors (Lipinski definition) is 0. The Kier molecular flexibility index (Phi) is 5.44. The van der Waals surface area contributed by atoms with Crippen molar-refractivity contribution in [3.05, 3.63) is 87.1 Å². The third-order valence-corrected chi connectivity index (χ3v) is 6.07. The molecule has 28 heavy (non-hydrogen) atoms. The minimum atomic E-state index is -0.105. The lowest BCUT2D eigenvalue weighted by Gasteiger charge is -2.20. The number of amides is 1. The van der Waals surface area contributed by atoms with Crippen LogP contribution in [0.2, 0.25) is 5.02 Å². The molecule has 0 aliphatic rings. The van der Waals surface area contributed by atoms with Crippen LogP contribution in [-0.4, -0.2) is 15.9 Å². The quantitative estimate of drug-likeness (QED) is 0.352. The van der Waals surface area contributed by atoms with Crippen LogP contribution >= 0.6 is 38.9 Å². The average Bonchev–Trinajstić information content (AvgIpc) is 3.11. The lowest BCUT2D eigenvalue weighted by Crippen LogP contribution is -2.30. The number of aryl methyl sites for hydroxylation is 1. The van der Waals surface area contributed by atoms with Crippen molar-refractivity contribution >= 4 is 60.1 Å². The third-order valence-electron chi connectivity index (χ3n) is 4.30. The molecule has 0 fully saturated rings. The molecule has 0 atom stereocenters. The van der Waals surface area contributed by atoms with Gasteiger partial charge < -0.3 is 0 Å². The van der Waals surface area contributed by atoms with Gasteiger partial charge in [-0.2, -0.15) is 0 Å². The van der Waals surface area contributed by atoms with Gasteiger partial charge >= 0.3 is 0 Å². The second-order valence-corrected chi connectivity index (χ2v) is 8.68. The van der Waals surface area contributed by atoms with E-state index in [2.05, 4.69) is 20.9 Å². The minimum absolute atomic E-state index is 0.105. The summed E-state index contributed by atoms with van der Waals surface area (Å²) in [4.78, 5) is 23.8. The predicted octanol–water partition coefficient (Wildman–Crippen LogP) is 6.26. The first-order valence-corrected chi connectivity index (χ1v) is 10.5. The molecule has 4 nitrogen and oxygen atoms in total. The Bertz CT molecular complexity index is 1150. The van der Waals surface area contributed by atoms with E-state index in [0.29, 0.717) is 22.3 Å². The van der Waals surface area contributed by atoms with E-state index in [1.807, 2.05) is 43.3 Å². The summed E-state index contributed by atoms with van der Waals surface area (Å²) in [5.41, 5.74) is 3.44. The van der Waals surface area contributed by atoms with Crippen molar-refractivity contribution in [2.45, 2.75) is 13.5 Å². The Morgan fingerprint density at radius 1 is 1.14 bits per heavy atom. The number of anilines is 1. The van der Waals surface area contributed by atoms with Gasteiger partial charge in [-0.15, -0.1) is 0 Å². The fraction of sp³-hybridized carbons (Fsp3) is 0.0952. The number of carbonyl (C=O) groups excluding carboxylic acids is 1. The van der Waals surface area contributed by atoms with E-state index in [-0.39, 0.29) is 5.91 Å². The maximum Gasteiger partial charge on any atom is 0.260 e. The van der Waals surface area contributed by atoms with Crippen LogP contribution in [-0.2, 0) is 6.54 Å². The molecule has 0 saturated heterocycles. The van der Waals surface area contributed by atoms with E-state index < -0.39 is 0 Å². The van der Waals surface area contributed by atoms with Crippen molar-refractivity contribution in [2.24, 2.45) is 0 Å². The number of nitrogens with zero attached hydrogens (tertiary/aromatic N) is 3. The zero-order chi connectivity index (χ0) is 19.7. The summed E-state index contributed by atoms with van der Waals surface area (Å²) in [6.07, 6.45) is 3.44. The lowest BCUT2D eigenvalue weighted by atomic mass is 10.2. The lowest BCUT2D eigenvalue weighted by molar-refractivity contribution is 0.0985. The Labute approximate surface area is 179 Å². The van der Waals surface area contributed by atoms with Crippen molar-refractivity contribution in [3.63, 3.8) is 0 Å². The van der Waals surface area contributed by atoms with Crippen molar-refractivity contribution in [1.82, 2.24) is 9.97 Å². The molecular formula is C21H15BrClN3OS. The van der Waals surface area contributed by atoms with Gasteiger partial charge in [0.25, 0.3) is 5.91 Å². The number of halogens is 2. The van der Waals surface area contributed by atoms with Crippen molar-refractivity contribution in [3.8, 4) is 0 Å². The van der Waals surface area contributed by atoms with Gasteiger partial charge in [0.2, 0.25) is 0 Å². The first kappa shape index (κ1) is 19.1. The van der Waals surface area contributed by atoms with Crippen LogP contribution in [0.1, 0.15) is 21.5 Å². The second-order valence-electron chi connectivity index (χ2n) is 6.32. The molecule has 0 saturated carbocycles. The van der Waals surface area contributed by atoms with E-state index in [9.17, 15) is 4.79 Å². The Morgan fingerprint density at radius 3 is 2.57 bits per heavy atom. The van der Waals surface area contributed by atoms with Gasteiger partial charge in [0.15, 0.2) is 5.13 Å². The standard InChI is InChI=1S/C21H15BrClN3OS/c1-13-10-17(23)11-18-19(13)25-21(28-18)26(12-14-6-8-24-9-7-14)20(27)15-2-4-16(22)5-3-15/h2-11H,12H2,1H3. The average molecular weight is 473 g/mol. The summed E-state index contributed by atoms with van der Waals surface area (Å²) in [5.74, 6) is -0.105. The molecule has 2 aromatic heterocycles. The van der Waals surface area contributed by atoms with Crippen LogP contribution in [0, 0.1) is 6.92 Å². The highest BCUT2D eigenvalue weighted by Gasteiger charge is 2.22. The fourth-order valence-corrected chi connectivity index (χ4v) is 4.59. The molecule has 0 unspecified atom stereocenters. The van der Waals surface area contributed by atoms with Gasteiger partial charge in [-0.1, -0.05) is 38.9 Å². The topological polar surface area (TPSA) is 46.1 Å². The molecule has 2 aromatic carbocycles. The highest BCUT2D eigenvalue weighted by Crippen LogP contribution is 2.34. The number of pyridine rings is 1. The zero-order valence-electron chi connectivity index (χ0n) is 14.9. The Hall–Kier alpha value is -2.28. The summed E-state index contributed by atoms with van der Waals surface area (Å²) in [6, 6.07) is 14.9. The number of fused-ring (bicyclic) bond motifs is 1. The first-order valence-electron chi connectivity index (χ1n) is 8.54. The summed E-state index contributed by atoms with van der Waals surface area (Å²) >= 11 is 11.1. The van der Waals surface area contributed by atoms with E-state index in [1.165, 1.54) is 11.3 Å². The molecule has 4 aromatic rings. The van der Waals surface area contributed by atoms with Crippen molar-refractivity contribution < 1.29 is 4.79 Å². The second kappa shape index (κ2) is 7.99. The molecule has 7 heteroatoms. The molecule has 0 bridgehead atoms. The fourth-order valence-electron chi connectivity index (χ4n) is 2.90. The Morgan fingerprint density at radius 2 is 1.86 bits per heavy atom. The summed E-state index contributed by atoms with van der Waals surface area (Å²) in [6.45, 7) is 2.38. The van der Waals surface area contributed by atoms with Crippen LogP contribution in [0.4, 0.5) is 5.13 Å². The van der Waals surface area contributed by atoms with E-state index >= 15 is 0 Å². The maximum atomic E-state index is 13.3. The molecule has 0 aliphatic carbocycles. The van der Waals surface area contributed by atoms with Gasteiger partial charge in [-0.05, 0) is 66.6 Å². The highest BCUT2D eigenvalue weighted by atomic mass is 79.9. The molecule has 140 valence electrons. The number of thiazole rings is 1. The van der Waals surface area contributed by atoms with Gasteiger partial charge in [0.1, 0.15) is 0 Å². The van der Waals surface area contributed by atoms with Crippen LogP contribution in [0.25, 0.3) is 10.2 Å². The SMILES string of the molecule is Cc1cc(Cl)cc2sc(N(Cc3ccncc3)C(=O)c3ccc(Br)cc3)nc12. The predicted molar refractivity (Wildman–Crippen MR) is 118 cm³/mol. The number of benzene rings is 2. The van der Waals surface area contributed by atoms with Crippen LogP contribution in [0.5, 0.6) is 0 Å². The molecule has 0 spiro atoms. The summed E-state index contributed by atoms with van der Waals surface area (Å²) in [7, 11) is 0. The number of aromatic nitrogens is 2. The smallest absolute Gasteiger partial charge is 0.260 e. The summed E-state index contributed by atoms with van der Waals surface area (Å²) in [5, 5.41) is 1.31. The molecule has 0 radical (unpaired) electrons. The van der Waals surface area contributed by atoms with E-state index in [4.69, 9.17) is 16.6 Å². The number of hydrogen-bond acceptors (Lipinski definition) is 4. The summed E-state index contributed by atoms with van der Waals surface area (Å²) < 4.78 is 1.89. The monoisotopic (exact) mass is 471 g/mol. The number of carbonyl (C=O) groups is 1. The minimum Gasteiger partial charge on any atom is -0.279 e. The maximum absolute atomic E-state index is 13.3. The normalized spacial score (nSPS) is 11.0. The van der Waals surface area contributed by atoms with E-state index in [1.54, 1.807) is 29.4 Å². The van der Waals surface area contributed by atoms with Gasteiger partial charge in [0.05, 0.1) is 16.8 Å². The molecule has 0 aliphatic heterocycles. The van der Waals surface area contributed by atoms with Gasteiger partial charge in [0, 0.05) is 27.5 Å². The van der Waals surface area contributed by atoms with E-state index in [0.717, 1.165) is 25.8 Å². The Balaban J connectivity index is 1.79. The third kappa shape index (κ3) is 3.94. The van der Waals surface area contributed by atoms with Crippen molar-refractivity contribution in [1.29, 1.82) is 0 Å². The van der Waals surface area contributed by atoms with Gasteiger partial charge in [-0.25, -0.2) is 4.98 Å². The van der Waals surface area contributed by atoms with Crippen LogP contribution < -0.4 is 4.90 Å². The van der Waals surface area contributed by atoms with Crippen LogP contribution in [0.3, 0.4) is 0 Å². The highest BCUT2D eigenvalue weighted by molar-refractivity contribution is 9.10. The zero-order valence-corrected chi connectivity index (χ0v) is 18.1. The molecule has 0 N–H and O–H groups in total. The molecule has 4 rings (SSSR count). The molecular weight excluding hydrogens is 458 g/mol. The van der Waals surface area contributed by atoms with Crippen LogP contribution in [0.15, 0.2) is 65.4 Å². The molecule has 1 amide bonds. The molecule has 2 heterocycles. The van der Waals surface area contributed by atoms with Crippen molar-refractivity contribution in [2.75, 3.05) is 4.90 Å². The largest absolute Gasteiger partial charge is 0.279 e. The number of rotatable bonds is 4.